The molecule has 0 aromatic heterocycles. The van der Waals surface area contributed by atoms with Crippen molar-refractivity contribution in [3.63, 3.8) is 0 Å². The Labute approximate surface area is 84.3 Å². The van der Waals surface area contributed by atoms with Crippen molar-refractivity contribution in [1.82, 2.24) is 0 Å². The normalized spacial score (nSPS) is 6.93. The molecule has 1 aromatic carbocycles. The summed E-state index contributed by atoms with van der Waals surface area (Å²) in [5.74, 6) is 0. The number of hydrogen-bond acceptors (Lipinski definition) is 0. The third kappa shape index (κ3) is 11.0. The van der Waals surface area contributed by atoms with E-state index in [4.69, 9.17) is 0 Å². The highest BCUT2D eigenvalue weighted by molar-refractivity contribution is 5.14. The molecule has 0 radical (unpaired) electrons. The highest BCUT2D eigenvalue weighted by Crippen LogP contribution is 1.98. The Hall–Kier alpha value is -0.990. The first-order chi connectivity index (χ1) is 6.43. The van der Waals surface area contributed by atoms with Crippen molar-refractivity contribution in [1.29, 1.82) is 0 Å². The van der Waals surface area contributed by atoms with Gasteiger partial charge in [0.05, 0.1) is 13.9 Å². The van der Waals surface area contributed by atoms with Crippen molar-refractivity contribution in [3.8, 4) is 0 Å². The molecule has 1 aromatic rings. The van der Waals surface area contributed by atoms with Gasteiger partial charge < -0.3 is 0 Å². The molecule has 14 heavy (non-hydrogen) atoms. The number of alkyl halides is 2. The quantitative estimate of drug-likeness (QED) is 0.690. The Kier molecular flexibility index (Phi) is 24.0. The Morgan fingerprint density at radius 1 is 1.00 bits per heavy atom. The summed E-state index contributed by atoms with van der Waals surface area (Å²) >= 11 is 0. The smallest absolute Gasteiger partial charge is 0.0934 e. The average Bonchev–Trinajstić information content (AvgIpc) is 2.26. The molecule has 0 aliphatic carbocycles. The number of aryl methyl sites for hydroxylation is 1. The van der Waals surface area contributed by atoms with Gasteiger partial charge in [-0.05, 0) is 5.56 Å². The fourth-order valence-corrected chi connectivity index (χ4v) is 0.754. The zero-order valence-corrected chi connectivity index (χ0v) is 8.97. The zero-order chi connectivity index (χ0) is 10.5. The van der Waals surface area contributed by atoms with E-state index < -0.39 is 0 Å². The van der Waals surface area contributed by atoms with Gasteiger partial charge in [0.15, 0.2) is 0 Å². The largest absolute Gasteiger partial charge is 0.269 e. The van der Waals surface area contributed by atoms with E-state index in [1.165, 1.54) is 0 Å². The molecule has 1 rings (SSSR count). The van der Waals surface area contributed by atoms with E-state index in [1.54, 1.807) is 0 Å². The summed E-state index contributed by atoms with van der Waals surface area (Å²) in [6, 6.07) is 9.64. The summed E-state index contributed by atoms with van der Waals surface area (Å²) in [6.07, 6.45) is 0.542. The van der Waals surface area contributed by atoms with Gasteiger partial charge >= 0.3 is 0 Å². The molecule has 0 fully saturated rings. The molecule has 0 saturated heterocycles. The minimum atomic E-state index is -0.260. The van der Waals surface area contributed by atoms with Crippen molar-refractivity contribution >= 4 is 0 Å². The van der Waals surface area contributed by atoms with Gasteiger partial charge in [0.2, 0.25) is 0 Å². The van der Waals surface area contributed by atoms with Crippen molar-refractivity contribution in [2.24, 2.45) is 0 Å². The number of halogens is 3. The second-order valence-electron chi connectivity index (χ2n) is 1.92. The second kappa shape index (κ2) is 17.9. The van der Waals surface area contributed by atoms with E-state index in [0.29, 0.717) is 13.6 Å². The lowest BCUT2D eigenvalue weighted by Gasteiger charge is -1.92. The lowest BCUT2D eigenvalue weighted by molar-refractivity contribution is 0.495. The molecule has 0 saturated carbocycles. The minimum Gasteiger partial charge on any atom is -0.269 e. The molecule has 0 unspecified atom stereocenters. The first-order valence-corrected chi connectivity index (χ1v) is 4.41. The first kappa shape index (κ1) is 18.7. The molecule has 3 heteroatoms. The van der Waals surface area contributed by atoms with Crippen LogP contribution in [0.4, 0.5) is 13.5 Å². The number of rotatable bonds is 2. The Bertz CT molecular complexity index is 163. The van der Waals surface area contributed by atoms with Crippen molar-refractivity contribution in [2.45, 2.75) is 20.3 Å². The molecular formula is C11H19F3. The summed E-state index contributed by atoms with van der Waals surface area (Å²) in [7, 11) is 0.500. The van der Waals surface area contributed by atoms with Gasteiger partial charge in [-0.25, -0.2) is 0 Å². The molecule has 0 atom stereocenters. The predicted octanol–water partition coefficient (Wildman–Crippen LogP) is 3.96. The van der Waals surface area contributed by atoms with E-state index >= 15 is 0 Å². The van der Waals surface area contributed by atoms with Crippen LogP contribution in [0.1, 0.15) is 19.4 Å². The second-order valence-corrected chi connectivity index (χ2v) is 1.92. The lowest BCUT2D eigenvalue weighted by atomic mass is 10.2. The summed E-state index contributed by atoms with van der Waals surface area (Å²) in [6.45, 7) is 3.74. The van der Waals surface area contributed by atoms with Crippen LogP contribution in [0.25, 0.3) is 0 Å². The molecule has 0 spiro atoms. The SMILES string of the molecule is CC.CF.F.FCCc1ccccc1. The van der Waals surface area contributed by atoms with Crippen LogP contribution in [0.3, 0.4) is 0 Å². The molecular weight excluding hydrogens is 189 g/mol. The van der Waals surface area contributed by atoms with Gasteiger partial charge in [-0.2, -0.15) is 0 Å². The van der Waals surface area contributed by atoms with Gasteiger partial charge in [0.25, 0.3) is 0 Å². The molecule has 0 amide bonds. The van der Waals surface area contributed by atoms with E-state index in [1.807, 2.05) is 44.2 Å². The van der Waals surface area contributed by atoms with Crippen LogP contribution < -0.4 is 0 Å². The van der Waals surface area contributed by atoms with E-state index in [0.717, 1.165) is 5.56 Å². The van der Waals surface area contributed by atoms with Gasteiger partial charge in [0.1, 0.15) is 0 Å². The van der Waals surface area contributed by atoms with Crippen LogP contribution in [0.5, 0.6) is 0 Å². The maximum absolute atomic E-state index is 11.7. The van der Waals surface area contributed by atoms with Gasteiger partial charge in [-0.3, -0.25) is 13.5 Å². The summed E-state index contributed by atoms with van der Waals surface area (Å²) in [5, 5.41) is 0. The summed E-state index contributed by atoms with van der Waals surface area (Å²) in [5.41, 5.74) is 1.07. The third-order valence-corrected chi connectivity index (χ3v) is 1.23. The first-order valence-electron chi connectivity index (χ1n) is 4.41. The minimum absolute atomic E-state index is 0. The molecule has 84 valence electrons. The van der Waals surface area contributed by atoms with Crippen LogP contribution in [-0.4, -0.2) is 13.9 Å². The molecule has 0 bridgehead atoms. The monoisotopic (exact) mass is 208 g/mol. The highest BCUT2D eigenvalue weighted by atomic mass is 19.1. The lowest BCUT2D eigenvalue weighted by Crippen LogP contribution is -1.83. The fraction of sp³-hybridized carbons (Fsp3) is 0.455. The Balaban J connectivity index is -0.000000216. The average molecular weight is 208 g/mol. The fourth-order valence-electron chi connectivity index (χ4n) is 0.754. The predicted molar refractivity (Wildman–Crippen MR) is 57.0 cm³/mol. The van der Waals surface area contributed by atoms with Crippen molar-refractivity contribution in [3.05, 3.63) is 35.9 Å². The molecule has 0 heterocycles. The van der Waals surface area contributed by atoms with Crippen LogP contribution in [0.15, 0.2) is 30.3 Å². The van der Waals surface area contributed by atoms with Crippen LogP contribution in [0.2, 0.25) is 0 Å². The topological polar surface area (TPSA) is 0 Å². The maximum atomic E-state index is 11.7. The third-order valence-electron chi connectivity index (χ3n) is 1.23. The van der Waals surface area contributed by atoms with E-state index in [2.05, 4.69) is 0 Å². The Morgan fingerprint density at radius 2 is 1.43 bits per heavy atom. The summed E-state index contributed by atoms with van der Waals surface area (Å²) < 4.78 is 21.2. The van der Waals surface area contributed by atoms with E-state index in [9.17, 15) is 8.78 Å². The zero-order valence-electron chi connectivity index (χ0n) is 8.97. The standard InChI is InChI=1S/C8H9F.C2H6.CH3F.FH/c9-7-6-8-4-2-1-3-5-8;2*1-2;/h1-5H,6-7H2;1-2H3;1H3;1H. The van der Waals surface area contributed by atoms with Crippen molar-refractivity contribution < 1.29 is 13.5 Å². The van der Waals surface area contributed by atoms with Crippen LogP contribution >= 0.6 is 0 Å². The molecule has 0 aliphatic heterocycles. The summed E-state index contributed by atoms with van der Waals surface area (Å²) in [4.78, 5) is 0. The number of hydrogen-bond donors (Lipinski definition) is 0. The van der Waals surface area contributed by atoms with Gasteiger partial charge in [-0.1, -0.05) is 44.2 Å². The van der Waals surface area contributed by atoms with Gasteiger partial charge in [0, 0.05) is 6.42 Å². The molecule has 0 nitrogen and oxygen atoms in total. The Morgan fingerprint density at radius 3 is 1.79 bits per heavy atom. The van der Waals surface area contributed by atoms with E-state index in [-0.39, 0.29) is 11.4 Å². The van der Waals surface area contributed by atoms with Crippen LogP contribution in [0, 0.1) is 0 Å². The maximum Gasteiger partial charge on any atom is 0.0934 e. The molecule has 0 aliphatic rings. The highest BCUT2D eigenvalue weighted by Gasteiger charge is 1.86. The van der Waals surface area contributed by atoms with Crippen molar-refractivity contribution in [2.75, 3.05) is 13.9 Å². The number of benzene rings is 1. The van der Waals surface area contributed by atoms with Crippen LogP contribution in [-0.2, 0) is 6.42 Å². The molecule has 0 N–H and O–H groups in total. The van der Waals surface area contributed by atoms with Gasteiger partial charge in [-0.15, -0.1) is 0 Å².